The molecule has 0 amide bonds. The van der Waals surface area contributed by atoms with Gasteiger partial charge < -0.3 is 20.4 Å². The third-order valence-corrected chi connectivity index (χ3v) is 4.62. The SMILES string of the molecule is CC1(CCC(=O)O)CC(=O)c2cc(OCc3ccc(C=NN)cc3)ccc2O1.Cl. The molecule has 2 aromatic rings. The molecule has 0 aromatic heterocycles. The van der Waals surface area contributed by atoms with Crippen LogP contribution in [0.4, 0.5) is 0 Å². The molecule has 0 bridgehead atoms. The van der Waals surface area contributed by atoms with Gasteiger partial charge in [0.2, 0.25) is 0 Å². The lowest BCUT2D eigenvalue weighted by Crippen LogP contribution is -2.39. The van der Waals surface area contributed by atoms with E-state index in [-0.39, 0.29) is 37.5 Å². The molecule has 0 spiro atoms. The van der Waals surface area contributed by atoms with Crippen LogP contribution in [0.3, 0.4) is 0 Å². The Morgan fingerprint density at radius 3 is 2.69 bits per heavy atom. The highest BCUT2D eigenvalue weighted by atomic mass is 35.5. The second-order valence-electron chi connectivity index (χ2n) is 7.01. The number of ether oxygens (including phenoxy) is 2. The Labute approximate surface area is 174 Å². The quantitative estimate of drug-likeness (QED) is 0.404. The molecule has 1 heterocycles. The molecule has 0 saturated heterocycles. The van der Waals surface area contributed by atoms with Crippen LogP contribution in [-0.4, -0.2) is 28.7 Å². The summed E-state index contributed by atoms with van der Waals surface area (Å²) in [5, 5.41) is 12.4. The number of rotatable bonds is 7. The smallest absolute Gasteiger partial charge is 0.303 e. The van der Waals surface area contributed by atoms with Crippen molar-refractivity contribution in [2.24, 2.45) is 10.9 Å². The molecule has 1 aliphatic heterocycles. The van der Waals surface area contributed by atoms with Gasteiger partial charge in [-0.3, -0.25) is 9.59 Å². The van der Waals surface area contributed by atoms with Gasteiger partial charge >= 0.3 is 5.97 Å². The number of carbonyl (C=O) groups is 2. The second-order valence-corrected chi connectivity index (χ2v) is 7.01. The molecular weight excluding hydrogens is 396 g/mol. The minimum Gasteiger partial charge on any atom is -0.489 e. The number of hydrogen-bond donors (Lipinski definition) is 2. The maximum atomic E-state index is 12.6. The van der Waals surface area contributed by atoms with Gasteiger partial charge in [0.25, 0.3) is 0 Å². The topological polar surface area (TPSA) is 111 Å². The van der Waals surface area contributed by atoms with Crippen molar-refractivity contribution < 1.29 is 24.2 Å². The van der Waals surface area contributed by atoms with Crippen molar-refractivity contribution in [2.45, 2.75) is 38.4 Å². The summed E-state index contributed by atoms with van der Waals surface area (Å²) in [5.41, 5.74) is 1.52. The van der Waals surface area contributed by atoms with Crippen molar-refractivity contribution in [2.75, 3.05) is 0 Å². The molecule has 1 aliphatic rings. The first kappa shape index (κ1) is 22.2. The summed E-state index contributed by atoms with van der Waals surface area (Å²) in [7, 11) is 0. The predicted octanol–water partition coefficient (Wildman–Crippen LogP) is 3.57. The van der Waals surface area contributed by atoms with Gasteiger partial charge in [0.15, 0.2) is 5.78 Å². The van der Waals surface area contributed by atoms with Crippen molar-refractivity contribution in [3.05, 3.63) is 59.2 Å². The van der Waals surface area contributed by atoms with Crippen molar-refractivity contribution in [1.82, 2.24) is 0 Å². The summed E-state index contributed by atoms with van der Waals surface area (Å²) in [6.45, 7) is 2.12. The molecule has 3 rings (SSSR count). The summed E-state index contributed by atoms with van der Waals surface area (Å²) >= 11 is 0. The van der Waals surface area contributed by atoms with Gasteiger partial charge in [-0.05, 0) is 42.7 Å². The van der Waals surface area contributed by atoms with E-state index < -0.39 is 11.6 Å². The van der Waals surface area contributed by atoms with Gasteiger partial charge in [-0.1, -0.05) is 24.3 Å². The van der Waals surface area contributed by atoms with Crippen LogP contribution in [0.25, 0.3) is 0 Å². The Bertz CT molecular complexity index is 914. The van der Waals surface area contributed by atoms with E-state index in [1.54, 1.807) is 31.3 Å². The number of fused-ring (bicyclic) bond motifs is 1. The third kappa shape index (κ3) is 5.71. The van der Waals surface area contributed by atoms with Gasteiger partial charge in [0.05, 0.1) is 18.2 Å². The van der Waals surface area contributed by atoms with Gasteiger partial charge in [-0.25, -0.2) is 0 Å². The predicted molar refractivity (Wildman–Crippen MR) is 111 cm³/mol. The van der Waals surface area contributed by atoms with Crippen molar-refractivity contribution in [1.29, 1.82) is 0 Å². The third-order valence-electron chi connectivity index (χ3n) is 4.62. The summed E-state index contributed by atoms with van der Waals surface area (Å²) < 4.78 is 11.7. The number of Topliss-reactive ketones (excluding diaryl/α,β-unsaturated/α-hetero) is 1. The second kappa shape index (κ2) is 9.43. The van der Waals surface area contributed by atoms with E-state index in [4.69, 9.17) is 20.4 Å². The zero-order valence-corrected chi connectivity index (χ0v) is 16.8. The highest BCUT2D eigenvalue weighted by molar-refractivity contribution is 6.00. The minimum absolute atomic E-state index is 0. The molecule has 29 heavy (non-hydrogen) atoms. The first-order chi connectivity index (χ1) is 13.4. The molecule has 0 aliphatic carbocycles. The number of nitrogens with zero attached hydrogens (tertiary/aromatic N) is 1. The van der Waals surface area contributed by atoms with E-state index >= 15 is 0 Å². The first-order valence-corrected chi connectivity index (χ1v) is 8.92. The number of carbonyl (C=O) groups excluding carboxylic acids is 1. The zero-order chi connectivity index (χ0) is 20.1. The van der Waals surface area contributed by atoms with Gasteiger partial charge in [-0.2, -0.15) is 5.10 Å². The number of hydrogen-bond acceptors (Lipinski definition) is 6. The monoisotopic (exact) mass is 418 g/mol. The molecule has 2 aromatic carbocycles. The molecule has 0 saturated carbocycles. The molecule has 7 nitrogen and oxygen atoms in total. The largest absolute Gasteiger partial charge is 0.489 e. The number of carboxylic acids is 1. The Balaban J connectivity index is 0.00000300. The van der Waals surface area contributed by atoms with E-state index in [1.165, 1.54) is 0 Å². The number of ketones is 1. The summed E-state index contributed by atoms with van der Waals surface area (Å²) in [5.74, 6) is 5.17. The standard InChI is InChI=1S/C21H22N2O5.ClH/c1-21(9-8-20(25)26)11-18(24)17-10-16(6-7-19(17)28-21)27-13-15-4-2-14(3-5-15)12-23-22;/h2-7,10,12H,8-9,11,13,22H2,1H3,(H,25,26);1H. The summed E-state index contributed by atoms with van der Waals surface area (Å²) in [4.78, 5) is 23.4. The molecule has 8 heteroatoms. The van der Waals surface area contributed by atoms with E-state index in [0.717, 1.165) is 11.1 Å². The lowest BCUT2D eigenvalue weighted by atomic mass is 9.88. The molecule has 3 N–H and O–H groups in total. The maximum absolute atomic E-state index is 12.6. The number of halogens is 1. The fourth-order valence-electron chi connectivity index (χ4n) is 3.11. The Hall–Kier alpha value is -3.06. The van der Waals surface area contributed by atoms with Crippen molar-refractivity contribution in [3.63, 3.8) is 0 Å². The zero-order valence-electron chi connectivity index (χ0n) is 16.0. The molecular formula is C21H23ClN2O5. The molecule has 154 valence electrons. The molecule has 1 unspecified atom stereocenters. The highest BCUT2D eigenvalue weighted by Crippen LogP contribution is 2.37. The Morgan fingerprint density at radius 1 is 1.31 bits per heavy atom. The van der Waals surface area contributed by atoms with E-state index in [1.807, 2.05) is 24.3 Å². The fourth-order valence-corrected chi connectivity index (χ4v) is 3.11. The van der Waals surface area contributed by atoms with Gasteiger partial charge in [-0.15, -0.1) is 12.4 Å². The van der Waals surface area contributed by atoms with Crippen LogP contribution in [0, 0.1) is 0 Å². The number of benzene rings is 2. The van der Waals surface area contributed by atoms with Crippen LogP contribution in [0.15, 0.2) is 47.6 Å². The van der Waals surface area contributed by atoms with Crippen LogP contribution < -0.4 is 15.3 Å². The number of aliphatic carboxylic acids is 1. The number of carboxylic acid groups (broad SMARTS) is 1. The van der Waals surface area contributed by atoms with Crippen LogP contribution in [0.5, 0.6) is 11.5 Å². The summed E-state index contributed by atoms with van der Waals surface area (Å²) in [6.07, 6.45) is 1.93. The van der Waals surface area contributed by atoms with Crippen LogP contribution in [0.1, 0.15) is 47.7 Å². The van der Waals surface area contributed by atoms with Crippen LogP contribution in [-0.2, 0) is 11.4 Å². The summed E-state index contributed by atoms with van der Waals surface area (Å²) in [6, 6.07) is 12.7. The highest BCUT2D eigenvalue weighted by Gasteiger charge is 2.36. The van der Waals surface area contributed by atoms with E-state index in [0.29, 0.717) is 23.7 Å². The number of hydrazone groups is 1. The first-order valence-electron chi connectivity index (χ1n) is 8.92. The van der Waals surface area contributed by atoms with E-state index in [9.17, 15) is 9.59 Å². The van der Waals surface area contributed by atoms with Gasteiger partial charge in [0, 0.05) is 6.42 Å². The molecule has 0 radical (unpaired) electrons. The van der Waals surface area contributed by atoms with Gasteiger partial charge in [0.1, 0.15) is 23.7 Å². The van der Waals surface area contributed by atoms with E-state index in [2.05, 4.69) is 5.10 Å². The van der Waals surface area contributed by atoms with Crippen molar-refractivity contribution >= 4 is 30.4 Å². The Morgan fingerprint density at radius 2 is 2.03 bits per heavy atom. The average molecular weight is 419 g/mol. The minimum atomic E-state index is -0.907. The lowest BCUT2D eigenvalue weighted by molar-refractivity contribution is -0.138. The molecule has 0 fully saturated rings. The molecule has 1 atom stereocenters. The lowest BCUT2D eigenvalue weighted by Gasteiger charge is -2.34. The Kier molecular flexibility index (Phi) is 7.23. The number of nitrogens with two attached hydrogens (primary N) is 1. The van der Waals surface area contributed by atoms with Crippen LogP contribution in [0.2, 0.25) is 0 Å². The normalized spacial score (nSPS) is 17.9. The van der Waals surface area contributed by atoms with Crippen LogP contribution >= 0.6 is 12.4 Å². The fraction of sp³-hybridized carbons (Fsp3) is 0.286. The van der Waals surface area contributed by atoms with Crippen molar-refractivity contribution in [3.8, 4) is 11.5 Å². The average Bonchev–Trinajstić information content (AvgIpc) is 2.66. The maximum Gasteiger partial charge on any atom is 0.303 e.